The molecule has 2 heterocycles. The Morgan fingerprint density at radius 1 is 1.10 bits per heavy atom. The highest BCUT2D eigenvalue weighted by Gasteiger charge is 2.43. The van der Waals surface area contributed by atoms with E-state index in [-0.39, 0.29) is 12.0 Å². The summed E-state index contributed by atoms with van der Waals surface area (Å²) in [4.78, 5) is 19.2. The number of aryl methyl sites for hydroxylation is 3. The third kappa shape index (κ3) is 4.84. The molecule has 0 unspecified atom stereocenters. The van der Waals surface area contributed by atoms with Gasteiger partial charge in [0.15, 0.2) is 0 Å². The predicted molar refractivity (Wildman–Crippen MR) is 116 cm³/mol. The molecule has 1 aromatic carbocycles. The van der Waals surface area contributed by atoms with E-state index in [9.17, 15) is 9.90 Å². The van der Waals surface area contributed by atoms with Crippen LogP contribution in [-0.2, 0) is 11.2 Å². The number of ether oxygens (including phenoxy) is 1. The summed E-state index contributed by atoms with van der Waals surface area (Å²) < 4.78 is 6.16. The molecule has 0 radical (unpaired) electrons. The van der Waals surface area contributed by atoms with E-state index >= 15 is 0 Å². The van der Waals surface area contributed by atoms with Crippen molar-refractivity contribution in [1.82, 2.24) is 9.88 Å². The monoisotopic (exact) mass is 408 g/mol. The number of aliphatic hydroxyl groups is 1. The lowest BCUT2D eigenvalue weighted by atomic mass is 9.78. The molecule has 1 saturated carbocycles. The first-order valence-corrected chi connectivity index (χ1v) is 11.1. The molecule has 0 spiro atoms. The third-order valence-electron chi connectivity index (χ3n) is 6.59. The molecular weight excluding hydrogens is 376 g/mol. The fourth-order valence-corrected chi connectivity index (χ4v) is 4.93. The van der Waals surface area contributed by atoms with Crippen LogP contribution >= 0.6 is 0 Å². The Bertz CT molecular complexity index is 870. The zero-order chi connectivity index (χ0) is 21.1. The van der Waals surface area contributed by atoms with Gasteiger partial charge in [0.05, 0.1) is 11.8 Å². The van der Waals surface area contributed by atoms with Crippen molar-refractivity contribution in [3.05, 3.63) is 59.4 Å². The topological polar surface area (TPSA) is 62.7 Å². The second kappa shape index (κ2) is 9.17. The fourth-order valence-electron chi connectivity index (χ4n) is 4.93. The van der Waals surface area contributed by atoms with E-state index < -0.39 is 6.10 Å². The number of carbonyl (C=O) groups excluding carboxylic acids is 1. The van der Waals surface area contributed by atoms with Crippen molar-refractivity contribution in [3.63, 3.8) is 0 Å². The second-order valence-corrected chi connectivity index (χ2v) is 8.89. The van der Waals surface area contributed by atoms with Crippen LogP contribution in [0.15, 0.2) is 42.5 Å². The molecule has 5 nitrogen and oxygen atoms in total. The van der Waals surface area contributed by atoms with Crippen LogP contribution in [0.3, 0.4) is 0 Å². The number of likely N-dealkylation sites (tertiary alicyclic amines) is 1. The lowest BCUT2D eigenvalue weighted by Crippen LogP contribution is -2.42. The Morgan fingerprint density at radius 2 is 1.83 bits per heavy atom. The Balaban J connectivity index is 1.29. The molecule has 4 rings (SSSR count). The maximum absolute atomic E-state index is 12.7. The van der Waals surface area contributed by atoms with Crippen LogP contribution in [0.4, 0.5) is 0 Å². The van der Waals surface area contributed by atoms with Gasteiger partial charge < -0.3 is 14.7 Å². The van der Waals surface area contributed by atoms with Gasteiger partial charge in [-0.3, -0.25) is 9.78 Å². The summed E-state index contributed by atoms with van der Waals surface area (Å²) in [6.45, 7) is 5.45. The van der Waals surface area contributed by atoms with E-state index in [2.05, 4.69) is 17.1 Å². The molecule has 1 saturated heterocycles. The maximum atomic E-state index is 12.7. The van der Waals surface area contributed by atoms with Crippen LogP contribution in [0.2, 0.25) is 0 Å². The molecule has 2 aliphatic rings. The van der Waals surface area contributed by atoms with Gasteiger partial charge in [-0.15, -0.1) is 0 Å². The number of aliphatic hydroxyl groups excluding tert-OH is 1. The van der Waals surface area contributed by atoms with Crippen LogP contribution in [0.1, 0.15) is 42.6 Å². The van der Waals surface area contributed by atoms with E-state index in [1.165, 1.54) is 5.56 Å². The smallest absolute Gasteiger partial charge is 0.222 e. The highest BCUT2D eigenvalue weighted by atomic mass is 16.5. The number of carbonyl (C=O) groups is 1. The Labute approximate surface area is 179 Å². The summed E-state index contributed by atoms with van der Waals surface area (Å²) in [6, 6.07) is 14.2. The zero-order valence-corrected chi connectivity index (χ0v) is 18.0. The van der Waals surface area contributed by atoms with Crippen molar-refractivity contribution in [2.45, 2.75) is 58.2 Å². The first-order chi connectivity index (χ1) is 14.5. The van der Waals surface area contributed by atoms with Gasteiger partial charge in [-0.2, -0.15) is 0 Å². The fraction of sp³-hybridized carbons (Fsp3) is 0.520. The molecule has 4 atom stereocenters. The molecule has 1 N–H and O–H groups in total. The number of benzene rings is 1. The minimum atomic E-state index is -0.500. The summed E-state index contributed by atoms with van der Waals surface area (Å²) in [5, 5.41) is 10.7. The Kier molecular flexibility index (Phi) is 6.38. The maximum Gasteiger partial charge on any atom is 0.222 e. The van der Waals surface area contributed by atoms with E-state index in [1.807, 2.05) is 49.1 Å². The zero-order valence-electron chi connectivity index (χ0n) is 18.0. The first kappa shape index (κ1) is 20.9. The number of nitrogens with zero attached hydrogens (tertiary/aromatic N) is 2. The van der Waals surface area contributed by atoms with Gasteiger partial charge in [0.1, 0.15) is 11.9 Å². The molecule has 1 aliphatic heterocycles. The summed E-state index contributed by atoms with van der Waals surface area (Å²) in [6.07, 6.45) is 3.15. The van der Waals surface area contributed by atoms with E-state index in [4.69, 9.17) is 4.74 Å². The second-order valence-electron chi connectivity index (χ2n) is 8.89. The van der Waals surface area contributed by atoms with Crippen molar-refractivity contribution in [1.29, 1.82) is 0 Å². The largest absolute Gasteiger partial charge is 0.486 e. The van der Waals surface area contributed by atoms with Gasteiger partial charge in [0.2, 0.25) is 5.91 Å². The molecule has 1 amide bonds. The number of hydrogen-bond donors (Lipinski definition) is 1. The number of rotatable bonds is 6. The van der Waals surface area contributed by atoms with E-state index in [0.29, 0.717) is 24.7 Å². The summed E-state index contributed by atoms with van der Waals surface area (Å²) in [7, 11) is 0. The average Bonchev–Trinajstić information content (AvgIpc) is 3.14. The highest BCUT2D eigenvalue weighted by Crippen LogP contribution is 2.38. The van der Waals surface area contributed by atoms with Crippen LogP contribution < -0.4 is 4.74 Å². The van der Waals surface area contributed by atoms with E-state index in [1.54, 1.807) is 0 Å². The lowest BCUT2D eigenvalue weighted by molar-refractivity contribution is -0.130. The molecule has 5 heteroatoms. The number of hydrogen-bond acceptors (Lipinski definition) is 4. The molecule has 1 aromatic heterocycles. The molecule has 0 bridgehead atoms. The van der Waals surface area contributed by atoms with Crippen LogP contribution in [0.25, 0.3) is 0 Å². The number of aromatic nitrogens is 1. The average molecular weight is 409 g/mol. The van der Waals surface area contributed by atoms with Crippen molar-refractivity contribution in [2.24, 2.45) is 11.8 Å². The van der Waals surface area contributed by atoms with Crippen LogP contribution in [0, 0.1) is 25.7 Å². The normalized spacial score (nSPS) is 25.8. The van der Waals surface area contributed by atoms with Gasteiger partial charge in [-0.25, -0.2) is 0 Å². The van der Waals surface area contributed by atoms with Gasteiger partial charge in [0, 0.05) is 25.2 Å². The Hall–Kier alpha value is -2.40. The van der Waals surface area contributed by atoms with Gasteiger partial charge in [-0.05, 0) is 69.1 Å². The highest BCUT2D eigenvalue weighted by molar-refractivity contribution is 5.76. The standard InChI is InChI=1S/C25H32N2O3/c1-17-11-12-23(18(2)26-17)30-24-14-21-16-27(15-20(21)13-22(24)28)25(29)10-6-9-19-7-4-3-5-8-19/h3-5,7-8,11-12,20-22,24,28H,6,9-10,13-16H2,1-2H3/t20-,21+,22+,24+/m0/s1. The van der Waals surface area contributed by atoms with Crippen molar-refractivity contribution >= 4 is 5.91 Å². The molecule has 1 aliphatic carbocycles. The van der Waals surface area contributed by atoms with Crippen molar-refractivity contribution in [2.75, 3.05) is 13.1 Å². The van der Waals surface area contributed by atoms with Gasteiger partial charge in [0.25, 0.3) is 0 Å². The number of amides is 1. The lowest BCUT2D eigenvalue weighted by Gasteiger charge is -2.35. The molecule has 160 valence electrons. The minimum Gasteiger partial charge on any atom is -0.486 e. The third-order valence-corrected chi connectivity index (χ3v) is 6.59. The van der Waals surface area contributed by atoms with Crippen molar-refractivity contribution < 1.29 is 14.6 Å². The van der Waals surface area contributed by atoms with E-state index in [0.717, 1.165) is 49.5 Å². The predicted octanol–water partition coefficient (Wildman–Crippen LogP) is 3.70. The van der Waals surface area contributed by atoms with Gasteiger partial charge >= 0.3 is 0 Å². The Morgan fingerprint density at radius 3 is 2.57 bits per heavy atom. The molecule has 2 fully saturated rings. The van der Waals surface area contributed by atoms with Crippen molar-refractivity contribution in [3.8, 4) is 5.75 Å². The SMILES string of the molecule is Cc1ccc(O[C@@H]2C[C@@H]3CN(C(=O)CCCc4ccccc4)C[C@@H]3C[C@H]2O)c(C)n1. The van der Waals surface area contributed by atoms with Crippen LogP contribution in [0.5, 0.6) is 5.75 Å². The van der Waals surface area contributed by atoms with Crippen LogP contribution in [-0.4, -0.2) is 46.2 Å². The number of fused-ring (bicyclic) bond motifs is 1. The molecular formula is C25H32N2O3. The number of pyridine rings is 1. The summed E-state index contributed by atoms with van der Waals surface area (Å²) in [5.74, 6) is 1.76. The molecule has 30 heavy (non-hydrogen) atoms. The summed E-state index contributed by atoms with van der Waals surface area (Å²) in [5.41, 5.74) is 3.09. The molecule has 2 aromatic rings. The summed E-state index contributed by atoms with van der Waals surface area (Å²) >= 11 is 0. The minimum absolute atomic E-state index is 0.234. The van der Waals surface area contributed by atoms with Gasteiger partial charge in [-0.1, -0.05) is 30.3 Å². The quantitative estimate of drug-likeness (QED) is 0.792. The first-order valence-electron chi connectivity index (χ1n) is 11.1.